The van der Waals surface area contributed by atoms with E-state index in [1.54, 1.807) is 10.9 Å². The summed E-state index contributed by atoms with van der Waals surface area (Å²) in [4.78, 5) is 14.3. The number of aryl methyl sites for hydroxylation is 1. The molecular formula is C14H21N3O3. The highest BCUT2D eigenvalue weighted by atomic mass is 16.5. The highest BCUT2D eigenvalue weighted by Gasteiger charge is 2.34. The number of aromatic nitrogens is 2. The molecule has 0 radical (unpaired) electrons. The van der Waals surface area contributed by atoms with Gasteiger partial charge < -0.3 is 9.47 Å². The maximum Gasteiger partial charge on any atom is 0.341 e. The first-order chi connectivity index (χ1) is 9.67. The van der Waals surface area contributed by atoms with E-state index < -0.39 is 0 Å². The average Bonchev–Trinajstić information content (AvgIpc) is 2.94. The van der Waals surface area contributed by atoms with Crippen molar-refractivity contribution in [2.45, 2.75) is 38.5 Å². The molecule has 110 valence electrons. The average molecular weight is 279 g/mol. The van der Waals surface area contributed by atoms with E-state index in [-0.39, 0.29) is 5.97 Å². The second kappa shape index (κ2) is 5.54. The lowest BCUT2D eigenvalue weighted by Crippen LogP contribution is -2.42. The molecule has 3 heterocycles. The van der Waals surface area contributed by atoms with Gasteiger partial charge in [0.2, 0.25) is 0 Å². The highest BCUT2D eigenvalue weighted by molar-refractivity contribution is 5.90. The predicted molar refractivity (Wildman–Crippen MR) is 72.3 cm³/mol. The Hall–Kier alpha value is -1.40. The van der Waals surface area contributed by atoms with Crippen molar-refractivity contribution in [3.8, 4) is 0 Å². The summed E-state index contributed by atoms with van der Waals surface area (Å²) in [5, 5.41) is 4.20. The van der Waals surface area contributed by atoms with Crippen molar-refractivity contribution in [3.05, 3.63) is 17.5 Å². The van der Waals surface area contributed by atoms with Crippen LogP contribution in [0.3, 0.4) is 0 Å². The largest absolute Gasteiger partial charge is 0.462 e. The summed E-state index contributed by atoms with van der Waals surface area (Å²) in [6.07, 6.45) is 4.61. The lowest BCUT2D eigenvalue weighted by atomic mass is 10.2. The van der Waals surface area contributed by atoms with E-state index in [0.29, 0.717) is 24.4 Å². The number of fused-ring (bicyclic) bond motifs is 2. The van der Waals surface area contributed by atoms with Crippen molar-refractivity contribution in [1.29, 1.82) is 0 Å². The molecule has 3 rings (SSSR count). The van der Waals surface area contributed by atoms with Crippen LogP contribution >= 0.6 is 0 Å². The van der Waals surface area contributed by atoms with Crippen LogP contribution in [0.15, 0.2) is 6.20 Å². The molecule has 2 aliphatic heterocycles. The normalized spacial score (nSPS) is 25.9. The van der Waals surface area contributed by atoms with Crippen molar-refractivity contribution in [1.82, 2.24) is 14.7 Å². The van der Waals surface area contributed by atoms with Gasteiger partial charge >= 0.3 is 5.97 Å². The summed E-state index contributed by atoms with van der Waals surface area (Å²) in [5.41, 5.74) is 1.50. The minimum atomic E-state index is -0.285. The van der Waals surface area contributed by atoms with Gasteiger partial charge in [-0.25, -0.2) is 4.79 Å². The molecule has 2 atom stereocenters. The zero-order valence-electron chi connectivity index (χ0n) is 12.0. The monoisotopic (exact) mass is 279 g/mol. The minimum Gasteiger partial charge on any atom is -0.462 e. The number of rotatable bonds is 4. The van der Waals surface area contributed by atoms with Crippen molar-refractivity contribution in [2.24, 2.45) is 7.05 Å². The standard InChI is InChI=1S/C14H21N3O3/c1-3-19-14(18)12-6-15-16(2)13(12)9-17-7-10-4-5-11(8-17)20-10/h6,10-11H,3-5,7-9H2,1-2H3. The number of hydrogen-bond donors (Lipinski definition) is 0. The number of nitrogens with zero attached hydrogens (tertiary/aromatic N) is 3. The van der Waals surface area contributed by atoms with Crippen LogP contribution in [0.5, 0.6) is 0 Å². The topological polar surface area (TPSA) is 56.6 Å². The van der Waals surface area contributed by atoms with Crippen LogP contribution in [0.1, 0.15) is 35.8 Å². The predicted octanol–water partition coefficient (Wildman–Crippen LogP) is 0.960. The molecule has 0 aliphatic carbocycles. The molecule has 0 spiro atoms. The lowest BCUT2D eigenvalue weighted by Gasteiger charge is -2.32. The maximum atomic E-state index is 11.9. The summed E-state index contributed by atoms with van der Waals surface area (Å²) < 4.78 is 12.7. The Bertz CT molecular complexity index is 488. The summed E-state index contributed by atoms with van der Waals surface area (Å²) >= 11 is 0. The molecule has 6 nitrogen and oxygen atoms in total. The zero-order valence-corrected chi connectivity index (χ0v) is 12.0. The van der Waals surface area contributed by atoms with Gasteiger partial charge in [0, 0.05) is 26.7 Å². The zero-order chi connectivity index (χ0) is 14.1. The second-order valence-corrected chi connectivity index (χ2v) is 5.50. The fourth-order valence-electron chi connectivity index (χ4n) is 3.07. The van der Waals surface area contributed by atoms with Gasteiger partial charge in [-0.05, 0) is 19.8 Å². The summed E-state index contributed by atoms with van der Waals surface area (Å²) in [6, 6.07) is 0. The number of likely N-dealkylation sites (tertiary alicyclic amines) is 1. The summed E-state index contributed by atoms with van der Waals surface area (Å²) in [7, 11) is 1.87. The molecule has 1 aromatic rings. The van der Waals surface area contributed by atoms with Crippen LogP contribution in [-0.2, 0) is 23.1 Å². The fourth-order valence-corrected chi connectivity index (χ4v) is 3.07. The fraction of sp³-hybridized carbons (Fsp3) is 0.714. The smallest absolute Gasteiger partial charge is 0.341 e. The molecule has 20 heavy (non-hydrogen) atoms. The van der Waals surface area contributed by atoms with Gasteiger partial charge in [0.05, 0.1) is 30.7 Å². The van der Waals surface area contributed by atoms with Gasteiger partial charge in [-0.15, -0.1) is 0 Å². The lowest BCUT2D eigenvalue weighted by molar-refractivity contribution is -0.0417. The highest BCUT2D eigenvalue weighted by Crippen LogP contribution is 2.27. The van der Waals surface area contributed by atoms with Crippen molar-refractivity contribution in [2.75, 3.05) is 19.7 Å². The number of morpholine rings is 1. The van der Waals surface area contributed by atoms with E-state index in [1.807, 2.05) is 14.0 Å². The molecule has 0 saturated carbocycles. The van der Waals surface area contributed by atoms with Crippen LogP contribution in [-0.4, -0.2) is 52.6 Å². The van der Waals surface area contributed by atoms with Crippen molar-refractivity contribution >= 4 is 5.97 Å². The molecule has 2 bridgehead atoms. The van der Waals surface area contributed by atoms with Gasteiger partial charge in [0.1, 0.15) is 5.56 Å². The minimum absolute atomic E-state index is 0.285. The van der Waals surface area contributed by atoms with Gasteiger partial charge in [-0.2, -0.15) is 5.10 Å². The number of esters is 1. The van der Waals surface area contributed by atoms with E-state index in [2.05, 4.69) is 10.00 Å². The molecular weight excluding hydrogens is 258 g/mol. The molecule has 6 heteroatoms. The molecule has 1 aromatic heterocycles. The third kappa shape index (κ3) is 2.58. The van der Waals surface area contributed by atoms with E-state index >= 15 is 0 Å². The van der Waals surface area contributed by atoms with Crippen LogP contribution in [0, 0.1) is 0 Å². The van der Waals surface area contributed by atoms with Gasteiger partial charge in [0.25, 0.3) is 0 Å². The van der Waals surface area contributed by atoms with Crippen LogP contribution in [0.4, 0.5) is 0 Å². The first-order valence-electron chi connectivity index (χ1n) is 7.23. The third-order valence-electron chi connectivity index (χ3n) is 4.05. The van der Waals surface area contributed by atoms with Crippen molar-refractivity contribution < 1.29 is 14.3 Å². The maximum absolute atomic E-state index is 11.9. The first kappa shape index (κ1) is 13.6. The van der Waals surface area contributed by atoms with Gasteiger partial charge in [-0.1, -0.05) is 0 Å². The number of hydrogen-bond acceptors (Lipinski definition) is 5. The van der Waals surface area contributed by atoms with E-state index in [0.717, 1.165) is 38.2 Å². The Labute approximate surface area is 118 Å². The summed E-state index contributed by atoms with van der Waals surface area (Å²) in [5.74, 6) is -0.285. The molecule has 0 N–H and O–H groups in total. The van der Waals surface area contributed by atoms with E-state index in [4.69, 9.17) is 9.47 Å². The second-order valence-electron chi connectivity index (χ2n) is 5.50. The number of ether oxygens (including phenoxy) is 2. The molecule has 0 aromatic carbocycles. The Morgan fingerprint density at radius 3 is 2.80 bits per heavy atom. The van der Waals surface area contributed by atoms with Gasteiger partial charge in [0.15, 0.2) is 0 Å². The Morgan fingerprint density at radius 1 is 1.45 bits per heavy atom. The first-order valence-corrected chi connectivity index (χ1v) is 7.23. The Morgan fingerprint density at radius 2 is 2.15 bits per heavy atom. The molecule has 2 unspecified atom stereocenters. The van der Waals surface area contributed by atoms with Gasteiger partial charge in [-0.3, -0.25) is 9.58 Å². The number of carbonyl (C=O) groups excluding carboxylic acids is 1. The Balaban J connectivity index is 1.73. The van der Waals surface area contributed by atoms with E-state index in [9.17, 15) is 4.79 Å². The van der Waals surface area contributed by atoms with Crippen LogP contribution in [0.2, 0.25) is 0 Å². The summed E-state index contributed by atoms with van der Waals surface area (Å²) in [6.45, 7) is 4.79. The molecule has 0 amide bonds. The van der Waals surface area contributed by atoms with Crippen LogP contribution in [0.25, 0.3) is 0 Å². The molecule has 2 aliphatic rings. The number of carbonyl (C=O) groups is 1. The molecule has 2 saturated heterocycles. The van der Waals surface area contributed by atoms with Crippen LogP contribution < -0.4 is 0 Å². The third-order valence-corrected chi connectivity index (χ3v) is 4.05. The SMILES string of the molecule is CCOC(=O)c1cnn(C)c1CN1CC2CCC(C1)O2. The quantitative estimate of drug-likeness (QED) is 0.768. The van der Waals surface area contributed by atoms with E-state index in [1.165, 1.54) is 0 Å². The molecule has 2 fully saturated rings. The Kier molecular flexibility index (Phi) is 3.76. The van der Waals surface area contributed by atoms with Crippen molar-refractivity contribution in [3.63, 3.8) is 0 Å².